The smallest absolute Gasteiger partial charge is 0.123 e. The molecule has 1 heteroatoms. The van der Waals surface area contributed by atoms with E-state index in [4.69, 9.17) is 0 Å². The molecule has 0 unspecified atom stereocenters. The lowest BCUT2D eigenvalue weighted by Gasteiger charge is -2.26. The fraction of sp³-hybridized carbons (Fsp3) is 0.360. The summed E-state index contributed by atoms with van der Waals surface area (Å²) in [5.74, 6) is 0.375. The van der Waals surface area contributed by atoms with Crippen molar-refractivity contribution in [1.29, 1.82) is 0 Å². The minimum Gasteiger partial charge on any atom is -0.507 e. The van der Waals surface area contributed by atoms with Crippen molar-refractivity contribution in [2.24, 2.45) is 0 Å². The molecule has 0 spiro atoms. The monoisotopic (exact) mass is 346 g/mol. The predicted molar refractivity (Wildman–Crippen MR) is 113 cm³/mol. The maximum Gasteiger partial charge on any atom is 0.123 e. The molecule has 0 aliphatic rings. The molecule has 0 atom stereocenters. The van der Waals surface area contributed by atoms with Gasteiger partial charge in [-0.3, -0.25) is 0 Å². The molecule has 0 saturated heterocycles. The molecule has 3 rings (SSSR count). The summed E-state index contributed by atoms with van der Waals surface area (Å²) < 4.78 is 0. The van der Waals surface area contributed by atoms with Gasteiger partial charge in [-0.1, -0.05) is 101 Å². The van der Waals surface area contributed by atoms with Gasteiger partial charge in [-0.05, 0) is 39.8 Å². The third-order valence-electron chi connectivity index (χ3n) is 5.51. The molecule has 0 bridgehead atoms. The third kappa shape index (κ3) is 3.93. The number of aromatic hydroxyl groups is 1. The van der Waals surface area contributed by atoms with Crippen LogP contribution in [-0.2, 0) is 5.41 Å². The number of fused-ring (bicyclic) bond motifs is 1. The lowest BCUT2D eigenvalue weighted by Crippen LogP contribution is -2.16. The van der Waals surface area contributed by atoms with E-state index >= 15 is 0 Å². The van der Waals surface area contributed by atoms with Gasteiger partial charge in [-0.15, -0.1) is 0 Å². The summed E-state index contributed by atoms with van der Waals surface area (Å²) in [7, 11) is 0. The van der Waals surface area contributed by atoms with E-state index < -0.39 is 0 Å². The molecule has 3 aromatic rings. The number of hydrogen-bond donors (Lipinski definition) is 1. The lowest BCUT2D eigenvalue weighted by atomic mass is 9.79. The van der Waals surface area contributed by atoms with E-state index in [1.807, 2.05) is 6.07 Å². The standard InChI is InChI=1S/C25H30O/c1-4-5-6-9-17-25(2,3)20-15-16-23(24(26)18-20)22-14-10-12-19-11-7-8-13-21(19)22/h7-8,10-16,18,26H,4-6,9,17H2,1-3H3. The van der Waals surface area contributed by atoms with Crippen LogP contribution in [0.2, 0.25) is 0 Å². The average molecular weight is 347 g/mol. The summed E-state index contributed by atoms with van der Waals surface area (Å²) in [6.45, 7) is 6.81. The number of phenolic OH excluding ortho intramolecular Hbond substituents is 1. The van der Waals surface area contributed by atoms with Gasteiger partial charge < -0.3 is 5.11 Å². The highest BCUT2D eigenvalue weighted by Crippen LogP contribution is 2.38. The summed E-state index contributed by atoms with van der Waals surface area (Å²) in [5, 5.41) is 13.2. The highest BCUT2D eigenvalue weighted by Gasteiger charge is 2.21. The molecule has 0 aromatic heterocycles. The van der Waals surface area contributed by atoms with E-state index in [-0.39, 0.29) is 5.41 Å². The second-order valence-electron chi connectivity index (χ2n) is 7.95. The molecule has 1 N–H and O–H groups in total. The normalized spacial score (nSPS) is 11.8. The first kappa shape index (κ1) is 18.5. The molecule has 136 valence electrons. The van der Waals surface area contributed by atoms with Gasteiger partial charge in [-0.25, -0.2) is 0 Å². The van der Waals surface area contributed by atoms with Gasteiger partial charge in [0.25, 0.3) is 0 Å². The van der Waals surface area contributed by atoms with Gasteiger partial charge in [0, 0.05) is 5.56 Å². The first-order chi connectivity index (χ1) is 12.5. The average Bonchev–Trinajstić information content (AvgIpc) is 2.65. The number of benzene rings is 3. The van der Waals surface area contributed by atoms with E-state index in [1.165, 1.54) is 42.0 Å². The van der Waals surface area contributed by atoms with Gasteiger partial charge >= 0.3 is 0 Å². The summed E-state index contributed by atoms with van der Waals surface area (Å²) in [5.41, 5.74) is 3.30. The van der Waals surface area contributed by atoms with Crippen molar-refractivity contribution in [2.45, 2.75) is 58.3 Å². The molecule has 0 fully saturated rings. The van der Waals surface area contributed by atoms with Gasteiger partial charge in [-0.2, -0.15) is 0 Å². The Morgan fingerprint density at radius 2 is 1.58 bits per heavy atom. The van der Waals surface area contributed by atoms with Gasteiger partial charge in [0.05, 0.1) is 0 Å². The molecular weight excluding hydrogens is 316 g/mol. The van der Waals surface area contributed by atoms with Crippen LogP contribution < -0.4 is 0 Å². The van der Waals surface area contributed by atoms with E-state index in [2.05, 4.69) is 75.4 Å². The van der Waals surface area contributed by atoms with Crippen molar-refractivity contribution in [3.05, 3.63) is 66.2 Å². The van der Waals surface area contributed by atoms with Crippen molar-refractivity contribution in [3.63, 3.8) is 0 Å². The van der Waals surface area contributed by atoms with Crippen molar-refractivity contribution < 1.29 is 5.11 Å². The van der Waals surface area contributed by atoms with Crippen molar-refractivity contribution in [2.75, 3.05) is 0 Å². The second kappa shape index (κ2) is 7.95. The summed E-state index contributed by atoms with van der Waals surface area (Å²) in [6, 6.07) is 20.8. The van der Waals surface area contributed by atoms with Gasteiger partial charge in [0.2, 0.25) is 0 Å². The Morgan fingerprint density at radius 3 is 2.35 bits per heavy atom. The van der Waals surface area contributed by atoms with Crippen LogP contribution in [0.1, 0.15) is 58.4 Å². The zero-order valence-corrected chi connectivity index (χ0v) is 16.3. The van der Waals surface area contributed by atoms with Crippen molar-refractivity contribution in [1.82, 2.24) is 0 Å². The minimum absolute atomic E-state index is 0.0858. The molecule has 0 radical (unpaired) electrons. The van der Waals surface area contributed by atoms with Crippen LogP contribution in [0.4, 0.5) is 0 Å². The Kier molecular flexibility index (Phi) is 5.66. The van der Waals surface area contributed by atoms with Crippen molar-refractivity contribution >= 4 is 10.8 Å². The van der Waals surface area contributed by atoms with Crippen LogP contribution in [0.5, 0.6) is 5.75 Å². The van der Waals surface area contributed by atoms with Gasteiger partial charge in [0.1, 0.15) is 5.75 Å². The third-order valence-corrected chi connectivity index (χ3v) is 5.51. The molecule has 1 nitrogen and oxygen atoms in total. The molecular formula is C25H30O. The summed E-state index contributed by atoms with van der Waals surface area (Å²) in [6.07, 6.45) is 6.26. The zero-order valence-electron chi connectivity index (χ0n) is 16.3. The highest BCUT2D eigenvalue weighted by molar-refractivity contribution is 5.97. The van der Waals surface area contributed by atoms with E-state index in [0.717, 1.165) is 17.5 Å². The van der Waals surface area contributed by atoms with Crippen LogP contribution in [-0.4, -0.2) is 5.11 Å². The van der Waals surface area contributed by atoms with Crippen LogP contribution in [0.15, 0.2) is 60.7 Å². The molecule has 0 aliphatic heterocycles. The number of hydrogen-bond acceptors (Lipinski definition) is 1. The molecule has 0 amide bonds. The molecule has 3 aromatic carbocycles. The zero-order chi connectivity index (χ0) is 18.6. The SMILES string of the molecule is CCCCCCC(C)(C)c1ccc(-c2cccc3ccccc23)c(O)c1. The minimum atomic E-state index is 0.0858. The summed E-state index contributed by atoms with van der Waals surface area (Å²) >= 11 is 0. The first-order valence-electron chi connectivity index (χ1n) is 9.84. The van der Waals surface area contributed by atoms with Crippen LogP contribution in [0.3, 0.4) is 0 Å². The van der Waals surface area contributed by atoms with Crippen molar-refractivity contribution in [3.8, 4) is 16.9 Å². The topological polar surface area (TPSA) is 20.2 Å². The maximum absolute atomic E-state index is 10.8. The van der Waals surface area contributed by atoms with Crippen LogP contribution in [0.25, 0.3) is 21.9 Å². The quantitative estimate of drug-likeness (QED) is 0.440. The fourth-order valence-electron chi connectivity index (χ4n) is 3.78. The van der Waals surface area contributed by atoms with Crippen LogP contribution in [0, 0.1) is 0 Å². The Balaban J connectivity index is 1.90. The Labute approximate surface area is 157 Å². The first-order valence-corrected chi connectivity index (χ1v) is 9.84. The lowest BCUT2D eigenvalue weighted by molar-refractivity contribution is 0.438. The van der Waals surface area contributed by atoms with E-state index in [9.17, 15) is 5.11 Å². The fourth-order valence-corrected chi connectivity index (χ4v) is 3.78. The molecule has 0 saturated carbocycles. The van der Waals surface area contributed by atoms with E-state index in [1.54, 1.807) is 0 Å². The van der Waals surface area contributed by atoms with Crippen LogP contribution >= 0.6 is 0 Å². The number of phenols is 1. The maximum atomic E-state index is 10.8. The largest absolute Gasteiger partial charge is 0.507 e. The molecule has 26 heavy (non-hydrogen) atoms. The Morgan fingerprint density at radius 1 is 0.808 bits per heavy atom. The predicted octanol–water partition coefficient (Wildman–Crippen LogP) is 7.46. The Hall–Kier alpha value is -2.28. The Bertz CT molecular complexity index is 871. The van der Waals surface area contributed by atoms with E-state index in [0.29, 0.717) is 5.75 Å². The molecule has 0 aliphatic carbocycles. The highest BCUT2D eigenvalue weighted by atomic mass is 16.3. The van der Waals surface area contributed by atoms with Gasteiger partial charge in [0.15, 0.2) is 0 Å². The second-order valence-corrected chi connectivity index (χ2v) is 7.95. The number of rotatable bonds is 7. The molecule has 0 heterocycles. The summed E-state index contributed by atoms with van der Waals surface area (Å²) in [4.78, 5) is 0. The number of unbranched alkanes of at least 4 members (excludes halogenated alkanes) is 3.